The van der Waals surface area contributed by atoms with Crippen LogP contribution in [-0.2, 0) is 9.73 Å². The molecule has 2 aliphatic rings. The van der Waals surface area contributed by atoms with Crippen molar-refractivity contribution in [2.45, 2.75) is 18.9 Å². The van der Waals surface area contributed by atoms with Crippen LogP contribution in [0.15, 0.2) is 47.5 Å². The Morgan fingerprint density at radius 3 is 2.59 bits per heavy atom. The highest BCUT2D eigenvalue weighted by Crippen LogP contribution is 2.30. The summed E-state index contributed by atoms with van der Waals surface area (Å²) in [6.07, 6.45) is 11.2. The van der Waals surface area contributed by atoms with Crippen molar-refractivity contribution in [3.8, 4) is 28.6 Å². The minimum Gasteiger partial charge on any atom is -0.355 e. The molecule has 11 nitrogen and oxygen atoms in total. The Morgan fingerprint density at radius 2 is 1.89 bits per heavy atom. The summed E-state index contributed by atoms with van der Waals surface area (Å²) in [5.41, 5.74) is 4.17. The number of nitrogens with one attached hydrogen (secondary N) is 1. The molecule has 0 atom stereocenters. The maximum absolute atomic E-state index is 12.5. The number of fused-ring (bicyclic) bond motifs is 1. The highest BCUT2D eigenvalue weighted by atomic mass is 32.2. The molecule has 6 heterocycles. The van der Waals surface area contributed by atoms with Gasteiger partial charge in [-0.05, 0) is 38.1 Å². The number of nitrogens with zero attached hydrogens (tertiary/aromatic N) is 9. The Bertz CT molecular complexity index is 1590. The van der Waals surface area contributed by atoms with E-state index in [1.54, 1.807) is 24.0 Å². The molecule has 4 aromatic heterocycles. The highest BCUT2D eigenvalue weighted by molar-refractivity contribution is 7.93. The van der Waals surface area contributed by atoms with Crippen molar-refractivity contribution in [2.24, 2.45) is 4.36 Å². The summed E-state index contributed by atoms with van der Waals surface area (Å²) in [4.78, 5) is 11.8. The first kappa shape index (κ1) is 23.6. The summed E-state index contributed by atoms with van der Waals surface area (Å²) in [7, 11) is -0.451. The quantitative estimate of drug-likeness (QED) is 0.438. The minimum absolute atomic E-state index is 0.374. The van der Waals surface area contributed by atoms with E-state index in [0.717, 1.165) is 48.6 Å². The molecule has 0 saturated carbocycles. The predicted molar refractivity (Wildman–Crippen MR) is 142 cm³/mol. The Hall–Kier alpha value is -3.82. The zero-order valence-electron chi connectivity index (χ0n) is 20.6. The molecular formula is C25H28N10OS. The molecule has 4 aromatic rings. The fraction of sp³-hybridized carbons (Fsp3) is 0.400. The third-order valence-corrected chi connectivity index (χ3v) is 9.54. The van der Waals surface area contributed by atoms with Gasteiger partial charge < -0.3 is 10.2 Å². The second-order valence-corrected chi connectivity index (χ2v) is 12.1. The van der Waals surface area contributed by atoms with E-state index in [-0.39, 0.29) is 0 Å². The van der Waals surface area contributed by atoms with Gasteiger partial charge in [0.1, 0.15) is 23.0 Å². The minimum atomic E-state index is -2.09. The van der Waals surface area contributed by atoms with Crippen LogP contribution in [0.1, 0.15) is 24.4 Å². The fourth-order valence-corrected chi connectivity index (χ4v) is 6.60. The van der Waals surface area contributed by atoms with E-state index in [0.29, 0.717) is 47.4 Å². The van der Waals surface area contributed by atoms with Gasteiger partial charge >= 0.3 is 0 Å². The number of hydrogen-bond donors (Lipinski definition) is 1. The number of anilines is 1. The molecule has 0 bridgehead atoms. The van der Waals surface area contributed by atoms with Gasteiger partial charge in [-0.15, -0.1) is 0 Å². The summed E-state index contributed by atoms with van der Waals surface area (Å²) in [5, 5.41) is 22.1. The van der Waals surface area contributed by atoms with E-state index in [4.69, 9.17) is 9.97 Å². The predicted octanol–water partition coefficient (Wildman–Crippen LogP) is 2.37. The fourth-order valence-electron chi connectivity index (χ4n) is 5.02. The van der Waals surface area contributed by atoms with Crippen LogP contribution in [0.4, 0.5) is 5.82 Å². The van der Waals surface area contributed by atoms with Crippen molar-refractivity contribution >= 4 is 21.1 Å². The highest BCUT2D eigenvalue weighted by Gasteiger charge is 2.22. The summed E-state index contributed by atoms with van der Waals surface area (Å²) in [6.45, 7) is 3.29. The summed E-state index contributed by atoms with van der Waals surface area (Å²) < 4.78 is 20.4. The van der Waals surface area contributed by atoms with Crippen molar-refractivity contribution in [1.82, 2.24) is 34.7 Å². The third kappa shape index (κ3) is 4.45. The molecule has 37 heavy (non-hydrogen) atoms. The zero-order valence-corrected chi connectivity index (χ0v) is 21.4. The molecule has 2 fully saturated rings. The molecule has 0 spiro atoms. The molecule has 0 unspecified atom stereocenters. The lowest BCUT2D eigenvalue weighted by molar-refractivity contribution is 0.343. The summed E-state index contributed by atoms with van der Waals surface area (Å²) in [5.74, 6) is 1.92. The molecule has 0 radical (unpaired) electrons. The standard InChI is InChI=1S/C25H28N10OS/c1-27-37(36)10-8-33(9-11-37)23-3-2-18(13-29-23)24-25-19(12-26)14-31-35(25)17-22(32-24)20-15-30-34(16-20)21-4-6-28-7-5-21/h2-3,13-17,21,28H,4-11H2,1H3. The van der Waals surface area contributed by atoms with E-state index in [1.807, 2.05) is 35.4 Å². The molecule has 0 aromatic carbocycles. The number of hydrogen-bond acceptors (Lipinski definition) is 9. The number of nitriles is 1. The number of aromatic nitrogens is 6. The third-order valence-electron chi connectivity index (χ3n) is 7.24. The van der Waals surface area contributed by atoms with Crippen LogP contribution < -0.4 is 10.2 Å². The van der Waals surface area contributed by atoms with Crippen molar-refractivity contribution in [1.29, 1.82) is 5.26 Å². The van der Waals surface area contributed by atoms with Crippen LogP contribution in [0.2, 0.25) is 0 Å². The average Bonchev–Trinajstić information content (AvgIpc) is 3.61. The zero-order chi connectivity index (χ0) is 25.4. The van der Waals surface area contributed by atoms with Crippen molar-refractivity contribution in [3.63, 3.8) is 0 Å². The van der Waals surface area contributed by atoms with Gasteiger partial charge in [-0.25, -0.2) is 23.1 Å². The van der Waals surface area contributed by atoms with Crippen LogP contribution in [0.25, 0.3) is 28.0 Å². The molecule has 190 valence electrons. The first-order chi connectivity index (χ1) is 18.1. The van der Waals surface area contributed by atoms with Gasteiger partial charge in [-0.3, -0.25) is 4.68 Å². The first-order valence-electron chi connectivity index (χ1n) is 12.4. The average molecular weight is 517 g/mol. The van der Waals surface area contributed by atoms with E-state index in [2.05, 4.69) is 30.8 Å². The number of piperidine rings is 1. The van der Waals surface area contributed by atoms with Gasteiger partial charge in [0, 0.05) is 64.9 Å². The lowest BCUT2D eigenvalue weighted by atomic mass is 10.1. The molecular weight excluding hydrogens is 488 g/mol. The molecule has 0 amide bonds. The van der Waals surface area contributed by atoms with Crippen LogP contribution in [0.3, 0.4) is 0 Å². The number of pyridine rings is 1. The van der Waals surface area contributed by atoms with Gasteiger partial charge in [0.2, 0.25) is 0 Å². The van der Waals surface area contributed by atoms with Crippen molar-refractivity contribution in [2.75, 3.05) is 49.6 Å². The van der Waals surface area contributed by atoms with E-state index in [9.17, 15) is 9.47 Å². The van der Waals surface area contributed by atoms with Crippen LogP contribution >= 0.6 is 0 Å². The second-order valence-electron chi connectivity index (χ2n) is 9.38. The monoisotopic (exact) mass is 516 g/mol. The maximum atomic E-state index is 12.5. The summed E-state index contributed by atoms with van der Waals surface area (Å²) in [6, 6.07) is 6.53. The maximum Gasteiger partial charge on any atom is 0.128 e. The molecule has 12 heteroatoms. The topological polar surface area (TPSA) is 129 Å². The van der Waals surface area contributed by atoms with Gasteiger partial charge in [0.25, 0.3) is 0 Å². The smallest absolute Gasteiger partial charge is 0.128 e. The summed E-state index contributed by atoms with van der Waals surface area (Å²) >= 11 is 0. The first-order valence-corrected chi connectivity index (χ1v) is 14.3. The molecule has 2 saturated heterocycles. The Kier molecular flexibility index (Phi) is 6.10. The Morgan fingerprint density at radius 1 is 1.08 bits per heavy atom. The normalized spacial score (nSPS) is 18.1. The van der Waals surface area contributed by atoms with Crippen LogP contribution in [-0.4, -0.2) is 78.3 Å². The van der Waals surface area contributed by atoms with Crippen LogP contribution in [0, 0.1) is 11.3 Å². The molecule has 2 aliphatic heterocycles. The van der Waals surface area contributed by atoms with Gasteiger partial charge in [0.05, 0.1) is 36.0 Å². The van der Waals surface area contributed by atoms with E-state index in [1.165, 1.54) is 0 Å². The Balaban J connectivity index is 1.35. The SMILES string of the molecule is CN=S1(=O)CCN(c2ccc(-c3nc(-c4cnn(C5CCNCC5)c4)cn4ncc(C#N)c34)cn2)CC1. The molecule has 1 N–H and O–H groups in total. The number of rotatable bonds is 4. The largest absolute Gasteiger partial charge is 0.355 e. The van der Waals surface area contributed by atoms with Crippen molar-refractivity contribution < 1.29 is 4.21 Å². The van der Waals surface area contributed by atoms with Crippen molar-refractivity contribution in [3.05, 3.63) is 48.7 Å². The van der Waals surface area contributed by atoms with Crippen LogP contribution in [0.5, 0.6) is 0 Å². The second kappa shape index (κ2) is 9.57. The molecule has 0 aliphatic carbocycles. The van der Waals surface area contributed by atoms with Gasteiger partial charge in [-0.2, -0.15) is 15.5 Å². The van der Waals surface area contributed by atoms with Gasteiger partial charge in [0.15, 0.2) is 0 Å². The lowest BCUT2D eigenvalue weighted by Gasteiger charge is -2.29. The lowest BCUT2D eigenvalue weighted by Crippen LogP contribution is -2.40. The van der Waals surface area contributed by atoms with E-state index < -0.39 is 9.73 Å². The molecule has 6 rings (SSSR count). The van der Waals surface area contributed by atoms with Gasteiger partial charge in [-0.1, -0.05) is 0 Å². The van der Waals surface area contributed by atoms with E-state index >= 15 is 0 Å². The Labute approximate surface area is 215 Å².